The van der Waals surface area contributed by atoms with Crippen LogP contribution in [0.3, 0.4) is 0 Å². The zero-order valence-electron chi connectivity index (χ0n) is 14.2. The summed E-state index contributed by atoms with van der Waals surface area (Å²) in [7, 11) is -3.96. The van der Waals surface area contributed by atoms with E-state index in [0.717, 1.165) is 0 Å². The van der Waals surface area contributed by atoms with Gasteiger partial charge in [0.2, 0.25) is 0 Å². The Morgan fingerprint density at radius 1 is 1.31 bits per heavy atom. The molecule has 26 heavy (non-hydrogen) atoms. The number of nitrogens with zero attached hydrogens (tertiary/aromatic N) is 2. The predicted octanol–water partition coefficient (Wildman–Crippen LogP) is 3.54. The van der Waals surface area contributed by atoms with Gasteiger partial charge in [0.25, 0.3) is 10.0 Å². The van der Waals surface area contributed by atoms with E-state index in [9.17, 15) is 13.2 Å². The molecule has 0 bridgehead atoms. The number of rotatable bonds is 6. The molecule has 138 valence electrons. The molecule has 0 saturated carbocycles. The van der Waals surface area contributed by atoms with Crippen molar-refractivity contribution in [3.05, 3.63) is 46.4 Å². The van der Waals surface area contributed by atoms with Gasteiger partial charge in [-0.25, -0.2) is 12.4 Å². The second-order valence-electron chi connectivity index (χ2n) is 6.01. The zero-order chi connectivity index (χ0) is 19.1. The Kier molecular flexibility index (Phi) is 4.81. The fraction of sp³-hybridized carbons (Fsp3) is 0.294. The Hall–Kier alpha value is -2.32. The fourth-order valence-corrected chi connectivity index (χ4v) is 5.08. The largest absolute Gasteiger partial charge is 0.481 e. The predicted molar refractivity (Wildman–Crippen MR) is 96.1 cm³/mol. The van der Waals surface area contributed by atoms with Crippen molar-refractivity contribution < 1.29 is 22.8 Å². The van der Waals surface area contributed by atoms with Gasteiger partial charge in [-0.3, -0.25) is 4.79 Å². The molecule has 2 heterocycles. The molecule has 0 radical (unpaired) electrons. The summed E-state index contributed by atoms with van der Waals surface area (Å²) in [6.45, 7) is 3.11. The summed E-state index contributed by atoms with van der Waals surface area (Å²) >= 11 is 6.03. The lowest BCUT2D eigenvalue weighted by atomic mass is 10.2. The number of carboxylic acids is 1. The first-order valence-electron chi connectivity index (χ1n) is 7.92. The van der Waals surface area contributed by atoms with Crippen LogP contribution in [-0.4, -0.2) is 28.6 Å². The highest BCUT2D eigenvalue weighted by molar-refractivity contribution is 7.90. The van der Waals surface area contributed by atoms with Crippen molar-refractivity contribution in [2.75, 3.05) is 0 Å². The van der Waals surface area contributed by atoms with E-state index in [0.29, 0.717) is 34.5 Å². The van der Waals surface area contributed by atoms with Crippen LogP contribution in [0.1, 0.15) is 30.0 Å². The van der Waals surface area contributed by atoms with Gasteiger partial charge < -0.3 is 9.63 Å². The van der Waals surface area contributed by atoms with E-state index >= 15 is 0 Å². The molecule has 0 atom stereocenters. The van der Waals surface area contributed by atoms with Gasteiger partial charge in [-0.1, -0.05) is 16.8 Å². The van der Waals surface area contributed by atoms with Crippen molar-refractivity contribution >= 4 is 38.5 Å². The molecule has 0 aliphatic heterocycles. The van der Waals surface area contributed by atoms with E-state index in [4.69, 9.17) is 21.2 Å². The third-order valence-corrected chi connectivity index (χ3v) is 6.33. The van der Waals surface area contributed by atoms with Crippen LogP contribution in [0.15, 0.2) is 33.7 Å². The average molecular weight is 397 g/mol. The maximum Gasteiger partial charge on any atom is 0.303 e. The molecule has 2 aromatic heterocycles. The highest BCUT2D eigenvalue weighted by atomic mass is 35.5. The second kappa shape index (κ2) is 6.77. The van der Waals surface area contributed by atoms with E-state index in [1.807, 2.05) is 0 Å². The summed E-state index contributed by atoms with van der Waals surface area (Å²) in [6.07, 6.45) is 0.561. The molecule has 0 fully saturated rings. The van der Waals surface area contributed by atoms with Gasteiger partial charge >= 0.3 is 5.97 Å². The lowest BCUT2D eigenvalue weighted by Gasteiger charge is -2.11. The minimum absolute atomic E-state index is 0.0180. The average Bonchev–Trinajstić information content (AvgIpc) is 3.06. The molecule has 1 aromatic carbocycles. The van der Waals surface area contributed by atoms with Crippen molar-refractivity contribution in [2.45, 2.75) is 38.0 Å². The summed E-state index contributed by atoms with van der Waals surface area (Å²) in [5, 5.41) is 13.7. The first-order chi connectivity index (χ1) is 12.2. The van der Waals surface area contributed by atoms with E-state index in [1.165, 1.54) is 3.97 Å². The minimum atomic E-state index is -3.96. The normalized spacial score (nSPS) is 12.0. The Bertz CT molecular complexity index is 1080. The maximum atomic E-state index is 13.3. The molecule has 7 nitrogen and oxygen atoms in total. The number of fused-ring (bicyclic) bond motifs is 1. The molecule has 0 aliphatic rings. The molecule has 3 rings (SSSR count). The number of benzene rings is 1. The van der Waals surface area contributed by atoms with Crippen LogP contribution < -0.4 is 0 Å². The van der Waals surface area contributed by atoms with Gasteiger partial charge in [0.1, 0.15) is 5.69 Å². The summed E-state index contributed by atoms with van der Waals surface area (Å²) in [5.74, 6) is -0.723. The van der Waals surface area contributed by atoms with Crippen LogP contribution in [0.5, 0.6) is 0 Å². The smallest absolute Gasteiger partial charge is 0.303 e. The van der Waals surface area contributed by atoms with Crippen molar-refractivity contribution in [3.8, 4) is 0 Å². The third kappa shape index (κ3) is 3.22. The van der Waals surface area contributed by atoms with Gasteiger partial charge in [-0.15, -0.1) is 0 Å². The molecular formula is C17H17ClN2O5S. The molecule has 1 N–H and O–H groups in total. The van der Waals surface area contributed by atoms with E-state index in [2.05, 4.69) is 5.16 Å². The van der Waals surface area contributed by atoms with Crippen molar-refractivity contribution in [2.24, 2.45) is 0 Å². The number of halogens is 1. The van der Waals surface area contributed by atoms with Gasteiger partial charge in [-0.05, 0) is 51.0 Å². The van der Waals surface area contributed by atoms with Crippen molar-refractivity contribution in [3.63, 3.8) is 0 Å². The van der Waals surface area contributed by atoms with E-state index in [-0.39, 0.29) is 22.8 Å². The number of hydrogen-bond donors (Lipinski definition) is 1. The van der Waals surface area contributed by atoms with Gasteiger partial charge in [0.15, 0.2) is 10.7 Å². The number of aromatic nitrogens is 2. The molecular weight excluding hydrogens is 380 g/mol. The lowest BCUT2D eigenvalue weighted by molar-refractivity contribution is -0.137. The molecule has 0 unspecified atom stereocenters. The quantitative estimate of drug-likeness (QED) is 0.683. The van der Waals surface area contributed by atoms with Crippen LogP contribution in [-0.2, 0) is 21.2 Å². The van der Waals surface area contributed by atoms with E-state index in [1.54, 1.807) is 38.1 Å². The van der Waals surface area contributed by atoms with Gasteiger partial charge in [0, 0.05) is 22.5 Å². The van der Waals surface area contributed by atoms with Crippen LogP contribution in [0, 0.1) is 13.8 Å². The van der Waals surface area contributed by atoms with Crippen LogP contribution in [0.2, 0.25) is 5.02 Å². The standard InChI is InChI=1S/C17H17ClN2O5S/c1-10-17(11(2)25-19-10)26(23,24)20-14(4-3-5-16(21)22)9-12-8-13(18)6-7-15(12)20/h6-9H,3-5H2,1-2H3,(H,21,22). The fourth-order valence-electron chi connectivity index (χ4n) is 3.03. The maximum absolute atomic E-state index is 13.3. The van der Waals surface area contributed by atoms with Crippen LogP contribution >= 0.6 is 11.6 Å². The lowest BCUT2D eigenvalue weighted by Crippen LogP contribution is -2.17. The summed E-state index contributed by atoms with van der Waals surface area (Å²) < 4.78 is 32.9. The van der Waals surface area contributed by atoms with Gasteiger partial charge in [0.05, 0.1) is 5.52 Å². The highest BCUT2D eigenvalue weighted by Gasteiger charge is 2.29. The topological polar surface area (TPSA) is 102 Å². The molecule has 9 heteroatoms. The van der Waals surface area contributed by atoms with Crippen molar-refractivity contribution in [1.82, 2.24) is 9.13 Å². The highest BCUT2D eigenvalue weighted by Crippen LogP contribution is 2.31. The van der Waals surface area contributed by atoms with Crippen LogP contribution in [0.25, 0.3) is 10.9 Å². The summed E-state index contributed by atoms with van der Waals surface area (Å²) in [6, 6.07) is 6.65. The Balaban J connectivity index is 2.21. The van der Waals surface area contributed by atoms with E-state index < -0.39 is 16.0 Å². The minimum Gasteiger partial charge on any atom is -0.481 e. The monoisotopic (exact) mass is 396 g/mol. The number of carboxylic acid groups (broad SMARTS) is 1. The Labute approximate surface area is 155 Å². The summed E-state index contributed by atoms with van der Waals surface area (Å²) in [4.78, 5) is 10.8. The molecule has 3 aromatic rings. The first-order valence-corrected chi connectivity index (χ1v) is 9.73. The Morgan fingerprint density at radius 2 is 2.04 bits per heavy atom. The molecule has 0 aliphatic carbocycles. The molecule has 0 spiro atoms. The SMILES string of the molecule is Cc1noc(C)c1S(=O)(=O)n1c(CCCC(=O)O)cc2cc(Cl)ccc21. The number of carbonyl (C=O) groups is 1. The first kappa shape index (κ1) is 18.5. The Morgan fingerprint density at radius 3 is 2.65 bits per heavy atom. The second-order valence-corrected chi connectivity index (χ2v) is 8.17. The van der Waals surface area contributed by atoms with Gasteiger partial charge in [-0.2, -0.15) is 0 Å². The number of aliphatic carboxylic acids is 1. The van der Waals surface area contributed by atoms with Crippen LogP contribution in [0.4, 0.5) is 0 Å². The van der Waals surface area contributed by atoms with Crippen molar-refractivity contribution in [1.29, 1.82) is 0 Å². The summed E-state index contributed by atoms with van der Waals surface area (Å²) in [5.41, 5.74) is 1.23. The third-order valence-electron chi connectivity index (χ3n) is 4.08. The zero-order valence-corrected chi connectivity index (χ0v) is 15.8. The number of hydrogen-bond acceptors (Lipinski definition) is 5. The number of aryl methyl sites for hydroxylation is 3. The molecule has 0 amide bonds. The molecule has 0 saturated heterocycles.